The lowest BCUT2D eigenvalue weighted by atomic mass is 10.1. The fourth-order valence-corrected chi connectivity index (χ4v) is 2.49. The molecule has 2 atom stereocenters. The molecule has 0 amide bonds. The lowest BCUT2D eigenvalue weighted by Gasteiger charge is -2.31. The molecule has 1 aromatic rings. The van der Waals surface area contributed by atoms with Crippen molar-refractivity contribution in [2.75, 3.05) is 18.0 Å². The Bertz CT molecular complexity index is 512. The van der Waals surface area contributed by atoms with Gasteiger partial charge in [0.05, 0.1) is 29.8 Å². The van der Waals surface area contributed by atoms with E-state index in [1.807, 2.05) is 24.3 Å². The number of nitrogens with zero attached hydrogens (tertiary/aromatic N) is 3. The van der Waals surface area contributed by atoms with Crippen LogP contribution in [0.1, 0.15) is 25.3 Å². The van der Waals surface area contributed by atoms with Gasteiger partial charge >= 0.3 is 0 Å². The van der Waals surface area contributed by atoms with Crippen LogP contribution in [-0.2, 0) is 0 Å². The van der Waals surface area contributed by atoms with E-state index in [0.29, 0.717) is 18.0 Å². The van der Waals surface area contributed by atoms with Crippen LogP contribution in [0.2, 0.25) is 0 Å². The zero-order valence-electron chi connectivity index (χ0n) is 11.1. The monoisotopic (exact) mass is 254 g/mol. The third kappa shape index (κ3) is 3.05. The third-order valence-corrected chi connectivity index (χ3v) is 3.61. The normalized spacial score (nSPS) is 23.2. The average molecular weight is 254 g/mol. The average Bonchev–Trinajstić information content (AvgIpc) is 2.62. The molecule has 0 bridgehead atoms. The summed E-state index contributed by atoms with van der Waals surface area (Å²) in [5.41, 5.74) is 1.63. The summed E-state index contributed by atoms with van der Waals surface area (Å²) in [7, 11) is 0. The molecule has 1 heterocycles. The molecule has 1 N–H and O–H groups in total. The maximum absolute atomic E-state index is 9.23. The number of hydrogen-bond donors (Lipinski definition) is 1. The summed E-state index contributed by atoms with van der Waals surface area (Å²) in [4.78, 5) is 2.21. The SMILES string of the molecule is CC1CCN(c2ccccc2C#N)C(CC#N)CN1. The molecule has 1 aromatic carbocycles. The van der Waals surface area contributed by atoms with Gasteiger partial charge < -0.3 is 10.2 Å². The first-order valence-corrected chi connectivity index (χ1v) is 6.62. The van der Waals surface area contributed by atoms with Gasteiger partial charge in [0, 0.05) is 19.1 Å². The molecule has 2 unspecified atom stereocenters. The standard InChI is InChI=1S/C15H18N4/c1-12-7-9-19(14(6-8-16)11-18-12)15-5-3-2-4-13(15)10-17/h2-5,12,14,18H,6-7,9,11H2,1H3. The van der Waals surface area contributed by atoms with Gasteiger partial charge in [-0.3, -0.25) is 0 Å². The molecule has 1 fully saturated rings. The Balaban J connectivity index is 2.33. The van der Waals surface area contributed by atoms with Crippen LogP contribution in [0.3, 0.4) is 0 Å². The van der Waals surface area contributed by atoms with Crippen molar-refractivity contribution < 1.29 is 0 Å². The van der Waals surface area contributed by atoms with Crippen LogP contribution in [-0.4, -0.2) is 25.2 Å². The van der Waals surface area contributed by atoms with Gasteiger partial charge in [0.1, 0.15) is 6.07 Å². The first kappa shape index (κ1) is 13.4. The second-order valence-corrected chi connectivity index (χ2v) is 4.94. The molecule has 98 valence electrons. The number of hydrogen-bond acceptors (Lipinski definition) is 4. The molecule has 0 radical (unpaired) electrons. The molecule has 4 nitrogen and oxygen atoms in total. The van der Waals surface area contributed by atoms with Gasteiger partial charge in [-0.05, 0) is 25.5 Å². The topological polar surface area (TPSA) is 62.9 Å². The molecule has 0 saturated carbocycles. The number of para-hydroxylation sites is 1. The van der Waals surface area contributed by atoms with E-state index in [2.05, 4.69) is 29.3 Å². The van der Waals surface area contributed by atoms with Crippen molar-refractivity contribution in [3.05, 3.63) is 29.8 Å². The minimum absolute atomic E-state index is 0.129. The summed E-state index contributed by atoms with van der Waals surface area (Å²) >= 11 is 0. The number of benzene rings is 1. The van der Waals surface area contributed by atoms with Crippen LogP contribution in [0.15, 0.2) is 24.3 Å². The largest absolute Gasteiger partial charge is 0.365 e. The Morgan fingerprint density at radius 2 is 2.16 bits per heavy atom. The maximum Gasteiger partial charge on any atom is 0.101 e. The van der Waals surface area contributed by atoms with E-state index in [9.17, 15) is 5.26 Å². The summed E-state index contributed by atoms with van der Waals surface area (Å²) in [5.74, 6) is 0. The first-order valence-electron chi connectivity index (χ1n) is 6.62. The highest BCUT2D eigenvalue weighted by atomic mass is 15.2. The van der Waals surface area contributed by atoms with Crippen LogP contribution >= 0.6 is 0 Å². The molecular weight excluding hydrogens is 236 g/mol. The van der Waals surface area contributed by atoms with Gasteiger partial charge in [-0.15, -0.1) is 0 Å². The minimum Gasteiger partial charge on any atom is -0.365 e. The van der Waals surface area contributed by atoms with Gasteiger partial charge in [-0.2, -0.15) is 10.5 Å². The smallest absolute Gasteiger partial charge is 0.101 e. The minimum atomic E-state index is 0.129. The zero-order valence-corrected chi connectivity index (χ0v) is 11.1. The number of nitrogens with one attached hydrogen (secondary N) is 1. The van der Waals surface area contributed by atoms with Crippen LogP contribution in [0.5, 0.6) is 0 Å². The van der Waals surface area contributed by atoms with E-state index in [1.165, 1.54) is 0 Å². The Morgan fingerprint density at radius 1 is 1.37 bits per heavy atom. The molecule has 1 saturated heterocycles. The Morgan fingerprint density at radius 3 is 2.89 bits per heavy atom. The van der Waals surface area contributed by atoms with Crippen molar-refractivity contribution >= 4 is 5.69 Å². The summed E-state index contributed by atoms with van der Waals surface area (Å²) in [6.45, 7) is 3.82. The third-order valence-electron chi connectivity index (χ3n) is 3.61. The fourth-order valence-electron chi connectivity index (χ4n) is 2.49. The van der Waals surface area contributed by atoms with Crippen molar-refractivity contribution in [1.82, 2.24) is 5.32 Å². The van der Waals surface area contributed by atoms with Crippen molar-refractivity contribution in [2.24, 2.45) is 0 Å². The molecule has 0 aromatic heterocycles. The molecule has 0 spiro atoms. The van der Waals surface area contributed by atoms with E-state index in [4.69, 9.17) is 5.26 Å². The van der Waals surface area contributed by atoms with Gasteiger partial charge in [-0.1, -0.05) is 12.1 Å². The van der Waals surface area contributed by atoms with Crippen LogP contribution in [0, 0.1) is 22.7 Å². The second kappa shape index (κ2) is 6.22. The highest BCUT2D eigenvalue weighted by Gasteiger charge is 2.24. The van der Waals surface area contributed by atoms with Crippen molar-refractivity contribution in [3.63, 3.8) is 0 Å². The summed E-state index contributed by atoms with van der Waals surface area (Å²) in [5, 5.41) is 21.7. The van der Waals surface area contributed by atoms with Gasteiger partial charge in [0.15, 0.2) is 0 Å². The summed E-state index contributed by atoms with van der Waals surface area (Å²) < 4.78 is 0. The van der Waals surface area contributed by atoms with E-state index in [1.54, 1.807) is 0 Å². The Hall–Kier alpha value is -2.04. The highest BCUT2D eigenvalue weighted by Crippen LogP contribution is 2.24. The van der Waals surface area contributed by atoms with E-state index < -0.39 is 0 Å². The Labute approximate surface area is 114 Å². The highest BCUT2D eigenvalue weighted by molar-refractivity contribution is 5.60. The van der Waals surface area contributed by atoms with Crippen LogP contribution in [0.4, 0.5) is 5.69 Å². The molecule has 4 heteroatoms. The van der Waals surface area contributed by atoms with E-state index in [-0.39, 0.29) is 6.04 Å². The molecule has 1 aliphatic heterocycles. The first-order chi connectivity index (χ1) is 9.26. The van der Waals surface area contributed by atoms with E-state index >= 15 is 0 Å². The lowest BCUT2D eigenvalue weighted by molar-refractivity contribution is 0.538. The molecule has 1 aliphatic rings. The van der Waals surface area contributed by atoms with Gasteiger partial charge in [-0.25, -0.2) is 0 Å². The van der Waals surface area contributed by atoms with Crippen molar-refractivity contribution in [1.29, 1.82) is 10.5 Å². The molecule has 2 rings (SSSR count). The second-order valence-electron chi connectivity index (χ2n) is 4.94. The summed E-state index contributed by atoms with van der Waals surface area (Å²) in [6.07, 6.45) is 1.49. The zero-order chi connectivity index (χ0) is 13.7. The van der Waals surface area contributed by atoms with Crippen molar-refractivity contribution in [3.8, 4) is 12.1 Å². The molecule has 19 heavy (non-hydrogen) atoms. The summed E-state index contributed by atoms with van der Waals surface area (Å²) in [6, 6.07) is 12.7. The molecular formula is C15H18N4. The maximum atomic E-state index is 9.23. The van der Waals surface area contributed by atoms with Crippen molar-refractivity contribution in [2.45, 2.75) is 31.8 Å². The number of nitriles is 2. The van der Waals surface area contributed by atoms with E-state index in [0.717, 1.165) is 25.2 Å². The number of anilines is 1. The Kier molecular flexibility index (Phi) is 4.39. The van der Waals surface area contributed by atoms with Gasteiger partial charge in [0.2, 0.25) is 0 Å². The lowest BCUT2D eigenvalue weighted by Crippen LogP contribution is -2.40. The number of rotatable bonds is 2. The van der Waals surface area contributed by atoms with Crippen LogP contribution in [0.25, 0.3) is 0 Å². The van der Waals surface area contributed by atoms with Crippen LogP contribution < -0.4 is 10.2 Å². The molecule has 0 aliphatic carbocycles. The predicted octanol–water partition coefficient (Wildman–Crippen LogP) is 2.03. The quantitative estimate of drug-likeness (QED) is 0.877. The van der Waals surface area contributed by atoms with Gasteiger partial charge in [0.25, 0.3) is 0 Å². The fraction of sp³-hybridized carbons (Fsp3) is 0.467. The predicted molar refractivity (Wildman–Crippen MR) is 74.6 cm³/mol.